The Morgan fingerprint density at radius 1 is 1.31 bits per heavy atom. The van der Waals surface area contributed by atoms with Crippen molar-refractivity contribution in [2.75, 3.05) is 24.6 Å². The van der Waals surface area contributed by atoms with Gasteiger partial charge >= 0.3 is 5.97 Å². The minimum atomic E-state index is -1.29. The van der Waals surface area contributed by atoms with Gasteiger partial charge < -0.3 is 14.7 Å². The number of aromatic carboxylic acids is 1. The molecule has 0 bridgehead atoms. The molecule has 9 nitrogen and oxygen atoms in total. The Hall–Kier alpha value is -3.11. The third-order valence-electron chi connectivity index (χ3n) is 7.04. The van der Waals surface area contributed by atoms with Crippen molar-refractivity contribution < 1.29 is 19.4 Å². The molecule has 2 aliphatic rings. The normalized spacial score (nSPS) is 19.5. The molecule has 184 valence electrons. The summed E-state index contributed by atoms with van der Waals surface area (Å²) in [6, 6.07) is 1.79. The second-order valence-electron chi connectivity index (χ2n) is 9.72. The van der Waals surface area contributed by atoms with E-state index >= 15 is 0 Å². The van der Waals surface area contributed by atoms with Gasteiger partial charge in [0, 0.05) is 43.9 Å². The van der Waals surface area contributed by atoms with E-state index in [1.807, 2.05) is 11.8 Å². The van der Waals surface area contributed by atoms with Crippen molar-refractivity contribution in [1.82, 2.24) is 14.5 Å². The van der Waals surface area contributed by atoms with Gasteiger partial charge in [-0.2, -0.15) is 0 Å². The number of rotatable bonds is 7. The topological polar surface area (TPSA) is 115 Å². The average Bonchev–Trinajstić information content (AvgIpc) is 3.35. The second kappa shape index (κ2) is 9.16. The predicted octanol–water partition coefficient (Wildman–Crippen LogP) is 3.59. The predicted molar refractivity (Wildman–Crippen MR) is 133 cm³/mol. The Morgan fingerprint density at radius 2 is 2.11 bits per heavy atom. The number of Topliss-reactive ketones (excluding diaryl/α,β-unsaturated/α-hetero) is 1. The van der Waals surface area contributed by atoms with Crippen LogP contribution in [0.2, 0.25) is 0 Å². The maximum absolute atomic E-state index is 13.0. The summed E-state index contributed by atoms with van der Waals surface area (Å²) in [5.41, 5.74) is -0.335. The number of thiazole rings is 1. The highest BCUT2D eigenvalue weighted by molar-refractivity contribution is 7.12. The number of carboxylic acid groups (broad SMARTS) is 1. The molecule has 0 radical (unpaired) electrons. The van der Waals surface area contributed by atoms with Crippen molar-refractivity contribution in [2.45, 2.75) is 52.1 Å². The van der Waals surface area contributed by atoms with Crippen molar-refractivity contribution in [2.24, 2.45) is 5.41 Å². The number of carbonyl (C=O) groups is 2. The number of aromatic nitrogens is 3. The third kappa shape index (κ3) is 4.36. The van der Waals surface area contributed by atoms with Crippen molar-refractivity contribution in [3.8, 4) is 5.13 Å². The second-order valence-corrected chi connectivity index (χ2v) is 10.6. The molecule has 2 fully saturated rings. The maximum atomic E-state index is 13.0. The molecule has 2 saturated heterocycles. The van der Waals surface area contributed by atoms with E-state index in [0.29, 0.717) is 41.7 Å². The SMILES string of the molecule is Cc1cc(N2CC(C)(C(=O)CCC3CCCCO3)C2)nc2c1c(=O)c(C(=O)O)cn2-c1nccs1. The number of fused-ring (bicyclic) bond motifs is 1. The summed E-state index contributed by atoms with van der Waals surface area (Å²) < 4.78 is 7.34. The molecule has 1 unspecified atom stereocenters. The molecule has 0 aromatic carbocycles. The summed E-state index contributed by atoms with van der Waals surface area (Å²) >= 11 is 1.33. The molecule has 3 aromatic heterocycles. The number of hydrogen-bond donors (Lipinski definition) is 1. The van der Waals surface area contributed by atoms with Crippen molar-refractivity contribution in [3.63, 3.8) is 0 Å². The van der Waals surface area contributed by atoms with Crippen LogP contribution in [0.25, 0.3) is 16.2 Å². The van der Waals surface area contributed by atoms with Gasteiger partial charge in [-0.25, -0.2) is 14.8 Å². The van der Waals surface area contributed by atoms with Gasteiger partial charge in [0.05, 0.1) is 16.9 Å². The number of ketones is 1. The summed E-state index contributed by atoms with van der Waals surface area (Å²) in [6.07, 6.45) is 7.68. The molecule has 0 saturated carbocycles. The first-order valence-electron chi connectivity index (χ1n) is 11.9. The largest absolute Gasteiger partial charge is 0.477 e. The lowest BCUT2D eigenvalue weighted by molar-refractivity contribution is -0.130. The van der Waals surface area contributed by atoms with E-state index in [1.165, 1.54) is 17.5 Å². The van der Waals surface area contributed by atoms with E-state index < -0.39 is 16.8 Å². The fourth-order valence-electron chi connectivity index (χ4n) is 5.04. The number of carboxylic acids is 1. The molecule has 3 aromatic rings. The highest BCUT2D eigenvalue weighted by Crippen LogP contribution is 2.37. The monoisotopic (exact) mass is 496 g/mol. The molecule has 0 spiro atoms. The Kier molecular flexibility index (Phi) is 6.18. The van der Waals surface area contributed by atoms with Gasteiger partial charge in [0.25, 0.3) is 0 Å². The Labute approximate surface area is 206 Å². The first-order valence-corrected chi connectivity index (χ1v) is 12.7. The van der Waals surface area contributed by atoms with Gasteiger partial charge in [-0.15, -0.1) is 11.3 Å². The van der Waals surface area contributed by atoms with E-state index in [9.17, 15) is 19.5 Å². The maximum Gasteiger partial charge on any atom is 0.341 e. The number of carbonyl (C=O) groups excluding carboxylic acids is 1. The van der Waals surface area contributed by atoms with E-state index in [-0.39, 0.29) is 22.8 Å². The summed E-state index contributed by atoms with van der Waals surface area (Å²) in [5, 5.41) is 12.1. The molecule has 5 rings (SSSR count). The summed E-state index contributed by atoms with van der Waals surface area (Å²) in [5.74, 6) is -0.392. The van der Waals surface area contributed by atoms with Gasteiger partial charge in [0.15, 0.2) is 10.8 Å². The Bertz CT molecular complexity index is 1340. The molecular weight excluding hydrogens is 468 g/mol. The minimum absolute atomic E-state index is 0.190. The zero-order valence-corrected chi connectivity index (χ0v) is 20.6. The van der Waals surface area contributed by atoms with E-state index in [1.54, 1.807) is 29.1 Å². The highest BCUT2D eigenvalue weighted by atomic mass is 32.1. The first kappa shape index (κ1) is 23.6. The van der Waals surface area contributed by atoms with Crippen LogP contribution < -0.4 is 10.3 Å². The number of aryl methyl sites for hydroxylation is 1. The van der Waals surface area contributed by atoms with Crippen LogP contribution in [-0.4, -0.2) is 57.2 Å². The van der Waals surface area contributed by atoms with Gasteiger partial charge in [0.1, 0.15) is 17.2 Å². The molecule has 2 aliphatic heterocycles. The molecule has 10 heteroatoms. The smallest absolute Gasteiger partial charge is 0.341 e. The summed E-state index contributed by atoms with van der Waals surface area (Å²) in [4.78, 5) is 48.7. The number of pyridine rings is 2. The lowest BCUT2D eigenvalue weighted by Crippen LogP contribution is -2.59. The van der Waals surface area contributed by atoms with Crippen LogP contribution in [-0.2, 0) is 9.53 Å². The van der Waals surface area contributed by atoms with E-state index in [2.05, 4.69) is 4.98 Å². The lowest BCUT2D eigenvalue weighted by atomic mass is 9.76. The highest BCUT2D eigenvalue weighted by Gasteiger charge is 2.45. The van der Waals surface area contributed by atoms with Gasteiger partial charge in [-0.3, -0.25) is 14.2 Å². The Morgan fingerprint density at radius 3 is 2.77 bits per heavy atom. The number of nitrogens with zero attached hydrogens (tertiary/aromatic N) is 4. The van der Waals surface area contributed by atoms with Crippen LogP contribution in [0.1, 0.15) is 54.9 Å². The molecule has 1 N–H and O–H groups in total. The standard InChI is InChI=1S/C25H28N4O5S/c1-15-11-19(28-13-25(2,14-28)18(30)7-6-16-5-3-4-9-34-16)27-22-20(15)21(31)17(23(32)33)12-29(22)24-26-8-10-35-24/h8,10-12,16H,3-7,9,13-14H2,1-2H3,(H,32,33). The number of ether oxygens (including phenoxy) is 1. The Balaban J connectivity index is 1.41. The van der Waals surface area contributed by atoms with Crippen molar-refractivity contribution >= 4 is 39.9 Å². The van der Waals surface area contributed by atoms with Gasteiger partial charge in [0.2, 0.25) is 5.43 Å². The van der Waals surface area contributed by atoms with Gasteiger partial charge in [-0.05, 0) is 51.2 Å². The quantitative estimate of drug-likeness (QED) is 0.528. The summed E-state index contributed by atoms with van der Waals surface area (Å²) in [6.45, 7) is 5.65. The molecule has 0 aliphatic carbocycles. The molecule has 35 heavy (non-hydrogen) atoms. The number of anilines is 1. The zero-order chi connectivity index (χ0) is 24.7. The fraction of sp³-hybridized carbons (Fsp3) is 0.480. The minimum Gasteiger partial charge on any atom is -0.477 e. The first-order chi connectivity index (χ1) is 16.8. The average molecular weight is 497 g/mol. The fourth-order valence-corrected chi connectivity index (χ4v) is 5.65. The van der Waals surface area contributed by atoms with Crippen molar-refractivity contribution in [1.29, 1.82) is 0 Å². The van der Waals surface area contributed by atoms with Crippen LogP contribution in [0, 0.1) is 12.3 Å². The zero-order valence-electron chi connectivity index (χ0n) is 19.8. The van der Waals surface area contributed by atoms with Crippen LogP contribution in [0.15, 0.2) is 28.6 Å². The third-order valence-corrected chi connectivity index (χ3v) is 7.81. The molecule has 1 atom stereocenters. The lowest BCUT2D eigenvalue weighted by Gasteiger charge is -2.48. The molecule has 0 amide bonds. The van der Waals surface area contributed by atoms with E-state index in [4.69, 9.17) is 9.72 Å². The molecule has 5 heterocycles. The van der Waals surface area contributed by atoms with Crippen LogP contribution in [0.3, 0.4) is 0 Å². The van der Waals surface area contributed by atoms with Crippen molar-refractivity contribution in [3.05, 3.63) is 45.2 Å². The van der Waals surface area contributed by atoms with Gasteiger partial charge in [-0.1, -0.05) is 0 Å². The van der Waals surface area contributed by atoms with Crippen LogP contribution in [0.4, 0.5) is 5.82 Å². The number of hydrogen-bond acceptors (Lipinski definition) is 8. The summed E-state index contributed by atoms with van der Waals surface area (Å²) in [7, 11) is 0. The van der Waals surface area contributed by atoms with Crippen LogP contribution in [0.5, 0.6) is 0 Å². The molecular formula is C25H28N4O5S. The van der Waals surface area contributed by atoms with Crippen LogP contribution >= 0.6 is 11.3 Å². The van der Waals surface area contributed by atoms with E-state index in [0.717, 1.165) is 32.3 Å².